The van der Waals surface area contributed by atoms with Crippen LogP contribution >= 0.6 is 0 Å². The molecule has 0 rings (SSSR count). The van der Waals surface area contributed by atoms with Crippen LogP contribution in [0.2, 0.25) is 0 Å². The Bertz CT molecular complexity index is 596. The van der Waals surface area contributed by atoms with E-state index in [9.17, 15) is 9.59 Å². The van der Waals surface area contributed by atoms with Gasteiger partial charge in [0.15, 0.2) is 0 Å². The van der Waals surface area contributed by atoms with Gasteiger partial charge in [0, 0.05) is 12.5 Å². The highest BCUT2D eigenvalue weighted by atomic mass is 16.4. The van der Waals surface area contributed by atoms with Crippen LogP contribution in [-0.4, -0.2) is 22.2 Å². The molecule has 0 unspecified atom stereocenters. The van der Waals surface area contributed by atoms with Crippen LogP contribution < -0.4 is 0 Å². The molecule has 2 N–H and O–H groups in total. The molecule has 0 aromatic rings. The van der Waals surface area contributed by atoms with Gasteiger partial charge >= 0.3 is 11.9 Å². The van der Waals surface area contributed by atoms with Crippen molar-refractivity contribution in [2.75, 3.05) is 0 Å². The van der Waals surface area contributed by atoms with Crippen LogP contribution in [0, 0.1) is 0 Å². The summed E-state index contributed by atoms with van der Waals surface area (Å²) in [6.07, 6.45) is 45.8. The van der Waals surface area contributed by atoms with Gasteiger partial charge < -0.3 is 10.2 Å². The molecule has 0 amide bonds. The molecule has 42 heavy (non-hydrogen) atoms. The van der Waals surface area contributed by atoms with Gasteiger partial charge in [-0.15, -0.1) is 0 Å². The number of unbranched alkanes of at least 4 members (excludes halogenated alkanes) is 27. The van der Waals surface area contributed by atoms with Crippen molar-refractivity contribution < 1.29 is 19.8 Å². The highest BCUT2D eigenvalue weighted by molar-refractivity contribution is 5.80. The van der Waals surface area contributed by atoms with Crippen molar-refractivity contribution >= 4 is 11.9 Å². The quantitative estimate of drug-likeness (QED) is 0.0463. The van der Waals surface area contributed by atoms with E-state index in [2.05, 4.69) is 19.9 Å². The van der Waals surface area contributed by atoms with Gasteiger partial charge in [-0.2, -0.15) is 0 Å². The number of carbonyl (C=O) groups is 2. The lowest BCUT2D eigenvalue weighted by Gasteiger charge is -2.03. The zero-order chi connectivity index (χ0) is 31.2. The number of aliphatic carboxylic acids is 2. The minimum atomic E-state index is -0.884. The third kappa shape index (κ3) is 45.4. The third-order valence-corrected chi connectivity index (χ3v) is 7.95. The average molecular weight is 593 g/mol. The topological polar surface area (TPSA) is 74.6 Å². The first-order chi connectivity index (χ1) is 20.5. The Morgan fingerprint density at radius 3 is 1.05 bits per heavy atom. The summed E-state index contributed by atoms with van der Waals surface area (Å²) < 4.78 is 0. The van der Waals surface area contributed by atoms with Crippen molar-refractivity contribution in [2.24, 2.45) is 0 Å². The van der Waals surface area contributed by atoms with Crippen molar-refractivity contribution in [3.8, 4) is 0 Å². The number of hydrogen-bond acceptors (Lipinski definition) is 2. The van der Waals surface area contributed by atoms with Crippen molar-refractivity contribution in [1.29, 1.82) is 0 Å². The molecule has 0 saturated heterocycles. The number of carboxylic acid groups (broad SMARTS) is 2. The molecule has 0 aliphatic heterocycles. The zero-order valence-electron chi connectivity index (χ0n) is 28.2. The molecule has 0 spiro atoms. The normalized spacial score (nSPS) is 11.3. The largest absolute Gasteiger partial charge is 0.481 e. The molecule has 0 radical (unpaired) electrons. The van der Waals surface area contributed by atoms with Gasteiger partial charge in [-0.3, -0.25) is 4.79 Å². The van der Waals surface area contributed by atoms with E-state index in [1.165, 1.54) is 173 Å². The lowest BCUT2D eigenvalue weighted by atomic mass is 10.0. The predicted octanol–water partition coefficient (Wildman–Crippen LogP) is 13.0. The Morgan fingerprint density at radius 1 is 0.429 bits per heavy atom. The fourth-order valence-electron chi connectivity index (χ4n) is 5.24. The molecule has 0 heterocycles. The van der Waals surface area contributed by atoms with E-state index in [-0.39, 0.29) is 0 Å². The van der Waals surface area contributed by atoms with Crippen molar-refractivity contribution in [1.82, 2.24) is 0 Å². The SMILES string of the molecule is CCCCCCCCCCCCCCC/C=C/C=C/C(=O)O.CCCCCCCCCCCCCCCCCC(=O)O. The first kappa shape index (κ1) is 42.6. The molecule has 4 heteroatoms. The molecule has 0 saturated carbocycles. The Hall–Kier alpha value is -1.58. The van der Waals surface area contributed by atoms with Crippen LogP contribution in [0.15, 0.2) is 24.3 Å². The van der Waals surface area contributed by atoms with Gasteiger partial charge in [0.1, 0.15) is 0 Å². The summed E-state index contributed by atoms with van der Waals surface area (Å²) in [5.41, 5.74) is 0. The van der Waals surface area contributed by atoms with Gasteiger partial charge in [0.25, 0.3) is 0 Å². The fraction of sp³-hybridized carbons (Fsp3) is 0.842. The second kappa shape index (κ2) is 39.4. The van der Waals surface area contributed by atoms with Crippen molar-refractivity contribution in [3.63, 3.8) is 0 Å². The molecule has 4 nitrogen and oxygen atoms in total. The molecule has 0 aromatic carbocycles. The summed E-state index contributed by atoms with van der Waals surface area (Å²) in [5.74, 6) is -1.54. The van der Waals surface area contributed by atoms with Crippen LogP contribution in [0.4, 0.5) is 0 Å². The van der Waals surface area contributed by atoms with E-state index in [0.29, 0.717) is 6.42 Å². The smallest absolute Gasteiger partial charge is 0.328 e. The molecular formula is C38H72O4. The summed E-state index contributed by atoms with van der Waals surface area (Å²) in [7, 11) is 0. The monoisotopic (exact) mass is 593 g/mol. The minimum absolute atomic E-state index is 0.345. The minimum Gasteiger partial charge on any atom is -0.481 e. The standard InChI is InChI=1S/C20H36O2.C18H36O2/c1-2-3-4-5-6-7-8-9-10-11-12-13-14-15-16-17-18-19-20(21)22;1-2-3-4-5-6-7-8-9-10-11-12-13-14-15-16-17-18(19)20/h16-19H,2-15H2,1H3,(H,21,22);2-17H2,1H3,(H,19,20)/b17-16+,19-18+;. The van der Waals surface area contributed by atoms with Gasteiger partial charge in [0.2, 0.25) is 0 Å². The zero-order valence-corrected chi connectivity index (χ0v) is 28.2. The van der Waals surface area contributed by atoms with Crippen LogP contribution in [0.1, 0.15) is 206 Å². The molecule has 0 aliphatic rings. The maximum atomic E-state index is 10.3. The van der Waals surface area contributed by atoms with E-state index < -0.39 is 11.9 Å². The molecule has 0 atom stereocenters. The fourth-order valence-corrected chi connectivity index (χ4v) is 5.24. The van der Waals surface area contributed by atoms with Crippen LogP contribution in [-0.2, 0) is 9.59 Å². The first-order valence-corrected chi connectivity index (χ1v) is 18.3. The summed E-state index contributed by atoms with van der Waals surface area (Å²) in [6.45, 7) is 4.54. The Balaban J connectivity index is 0. The molecule has 248 valence electrons. The molecule has 0 bridgehead atoms. The van der Waals surface area contributed by atoms with Gasteiger partial charge in [-0.25, -0.2) is 4.79 Å². The number of carboxylic acids is 2. The summed E-state index contributed by atoms with van der Waals surface area (Å²) in [5, 5.41) is 16.9. The first-order valence-electron chi connectivity index (χ1n) is 18.3. The lowest BCUT2D eigenvalue weighted by Crippen LogP contribution is -1.93. The summed E-state index contributed by atoms with van der Waals surface area (Å²) in [4.78, 5) is 20.6. The predicted molar refractivity (Wildman–Crippen MR) is 183 cm³/mol. The molecule has 0 fully saturated rings. The van der Waals surface area contributed by atoms with E-state index in [1.54, 1.807) is 6.08 Å². The lowest BCUT2D eigenvalue weighted by molar-refractivity contribution is -0.137. The van der Waals surface area contributed by atoms with Crippen LogP contribution in [0.25, 0.3) is 0 Å². The van der Waals surface area contributed by atoms with E-state index in [4.69, 9.17) is 10.2 Å². The van der Waals surface area contributed by atoms with Gasteiger partial charge in [-0.1, -0.05) is 199 Å². The molecule has 0 aliphatic carbocycles. The third-order valence-electron chi connectivity index (χ3n) is 7.95. The maximum Gasteiger partial charge on any atom is 0.328 e. The summed E-state index contributed by atoms with van der Waals surface area (Å²) in [6, 6.07) is 0. The van der Waals surface area contributed by atoms with Crippen LogP contribution in [0.5, 0.6) is 0 Å². The highest BCUT2D eigenvalue weighted by Crippen LogP contribution is 2.14. The van der Waals surface area contributed by atoms with Crippen molar-refractivity contribution in [3.05, 3.63) is 24.3 Å². The molecular weight excluding hydrogens is 520 g/mol. The van der Waals surface area contributed by atoms with Crippen molar-refractivity contribution in [2.45, 2.75) is 206 Å². The van der Waals surface area contributed by atoms with E-state index >= 15 is 0 Å². The molecule has 0 aromatic heterocycles. The van der Waals surface area contributed by atoms with Gasteiger partial charge in [0.05, 0.1) is 0 Å². The Kier molecular flexibility index (Phi) is 39.9. The Labute approximate surface area is 262 Å². The van der Waals surface area contributed by atoms with E-state index in [0.717, 1.165) is 19.3 Å². The second-order valence-electron chi connectivity index (χ2n) is 12.3. The number of allylic oxidation sites excluding steroid dienone is 3. The average Bonchev–Trinajstić information content (AvgIpc) is 2.97. The Morgan fingerprint density at radius 2 is 0.738 bits per heavy atom. The maximum absolute atomic E-state index is 10.3. The van der Waals surface area contributed by atoms with Crippen LogP contribution in [0.3, 0.4) is 0 Å². The number of hydrogen-bond donors (Lipinski definition) is 2. The highest BCUT2D eigenvalue weighted by Gasteiger charge is 1.97. The van der Waals surface area contributed by atoms with E-state index in [1.807, 2.05) is 6.08 Å². The number of rotatable bonds is 32. The summed E-state index contributed by atoms with van der Waals surface area (Å²) >= 11 is 0. The second-order valence-corrected chi connectivity index (χ2v) is 12.3. The van der Waals surface area contributed by atoms with Gasteiger partial charge in [-0.05, 0) is 19.3 Å².